The minimum atomic E-state index is -0.549. The third-order valence-electron chi connectivity index (χ3n) is 3.82. The Balaban J connectivity index is 1.46. The van der Waals surface area contributed by atoms with Gasteiger partial charge in [-0.1, -0.05) is 30.3 Å². The van der Waals surface area contributed by atoms with E-state index in [1.54, 1.807) is 0 Å². The quantitative estimate of drug-likeness (QED) is 0.699. The summed E-state index contributed by atoms with van der Waals surface area (Å²) in [6, 6.07) is 9.67. The van der Waals surface area contributed by atoms with Crippen LogP contribution >= 0.6 is 0 Å². The average molecular weight is 369 g/mol. The van der Waals surface area contributed by atoms with Crippen LogP contribution in [0.2, 0.25) is 0 Å². The summed E-state index contributed by atoms with van der Waals surface area (Å²) in [7, 11) is 0. The zero-order valence-corrected chi connectivity index (χ0v) is 14.5. The van der Waals surface area contributed by atoms with E-state index in [1.807, 2.05) is 30.3 Å². The van der Waals surface area contributed by atoms with Crippen LogP contribution in [0.1, 0.15) is 30.7 Å². The predicted molar refractivity (Wildman–Crippen MR) is 97.0 cm³/mol. The van der Waals surface area contributed by atoms with Crippen LogP contribution in [-0.2, 0) is 20.9 Å². The number of anilines is 2. The molecule has 1 aliphatic heterocycles. The number of nitrogens with zero attached hydrogens (tertiary/aromatic N) is 5. The molecule has 10 nitrogen and oxygen atoms in total. The van der Waals surface area contributed by atoms with Gasteiger partial charge in [0.15, 0.2) is 12.4 Å². The molecule has 0 saturated heterocycles. The third kappa shape index (κ3) is 4.97. The molecule has 0 atom stereocenters. The van der Waals surface area contributed by atoms with Crippen molar-refractivity contribution >= 4 is 29.5 Å². The molecule has 0 radical (unpaired) electrons. The van der Waals surface area contributed by atoms with E-state index in [0.29, 0.717) is 13.0 Å². The number of nitrogen functional groups attached to an aromatic ring is 2. The largest absolute Gasteiger partial charge is 0.457 e. The van der Waals surface area contributed by atoms with E-state index in [9.17, 15) is 9.59 Å². The summed E-state index contributed by atoms with van der Waals surface area (Å²) >= 11 is 0. The minimum Gasteiger partial charge on any atom is -0.457 e. The van der Waals surface area contributed by atoms with Crippen molar-refractivity contribution in [2.75, 3.05) is 18.0 Å². The lowest BCUT2D eigenvalue weighted by molar-refractivity contribution is -0.147. The van der Waals surface area contributed by atoms with E-state index in [1.165, 1.54) is 5.01 Å². The first kappa shape index (κ1) is 18.2. The molecule has 1 aliphatic rings. The molecule has 0 fully saturated rings. The van der Waals surface area contributed by atoms with Crippen molar-refractivity contribution in [3.8, 4) is 0 Å². The molecule has 0 aliphatic carbocycles. The molecule has 2 aromatic rings. The summed E-state index contributed by atoms with van der Waals surface area (Å²) in [4.78, 5) is 35.3. The summed E-state index contributed by atoms with van der Waals surface area (Å²) in [5.74, 6) is -0.732. The molecule has 1 amide bonds. The normalized spacial score (nSPS) is 13.3. The van der Waals surface area contributed by atoms with Gasteiger partial charge in [0.25, 0.3) is 0 Å². The zero-order chi connectivity index (χ0) is 19.2. The van der Waals surface area contributed by atoms with Crippen LogP contribution in [0.3, 0.4) is 0 Å². The van der Waals surface area contributed by atoms with Crippen LogP contribution in [0.25, 0.3) is 0 Å². The second-order valence-corrected chi connectivity index (χ2v) is 5.81. The number of hydrazone groups is 1. The number of carbonyl (C=O) groups is 2. The Morgan fingerprint density at radius 2 is 1.74 bits per heavy atom. The number of esters is 1. The first-order valence-corrected chi connectivity index (χ1v) is 8.36. The number of aromatic nitrogens is 3. The Labute approximate surface area is 155 Å². The Hall–Kier alpha value is -3.56. The fourth-order valence-corrected chi connectivity index (χ4v) is 2.55. The third-order valence-corrected chi connectivity index (χ3v) is 3.82. The Bertz CT molecular complexity index is 850. The van der Waals surface area contributed by atoms with Gasteiger partial charge < -0.3 is 16.2 Å². The van der Waals surface area contributed by atoms with Crippen molar-refractivity contribution in [3.05, 3.63) is 41.7 Å². The fourth-order valence-electron chi connectivity index (χ4n) is 2.55. The summed E-state index contributed by atoms with van der Waals surface area (Å²) in [5, 5.41) is 5.73. The van der Waals surface area contributed by atoms with Gasteiger partial charge in [0.1, 0.15) is 0 Å². The first-order chi connectivity index (χ1) is 13.0. The SMILES string of the molecule is Nc1nc(N)nc(COC(=O)CCC(=O)N2CCC(c3ccccc3)=N2)n1. The molecule has 10 heteroatoms. The zero-order valence-electron chi connectivity index (χ0n) is 14.5. The predicted octanol–water partition coefficient (Wildman–Crippen LogP) is 0.496. The molecule has 0 spiro atoms. The highest BCUT2D eigenvalue weighted by molar-refractivity contribution is 6.02. The number of carbonyl (C=O) groups excluding carboxylic acids is 2. The van der Waals surface area contributed by atoms with Gasteiger partial charge in [0, 0.05) is 12.8 Å². The second kappa shape index (κ2) is 8.21. The molecule has 0 unspecified atom stereocenters. The summed E-state index contributed by atoms with van der Waals surface area (Å²) in [6.07, 6.45) is 0.621. The van der Waals surface area contributed by atoms with Crippen molar-refractivity contribution in [1.29, 1.82) is 0 Å². The van der Waals surface area contributed by atoms with Gasteiger partial charge in [-0.2, -0.15) is 20.1 Å². The molecule has 0 bridgehead atoms. The van der Waals surface area contributed by atoms with Crippen LogP contribution < -0.4 is 11.5 Å². The topological polar surface area (TPSA) is 150 Å². The lowest BCUT2D eigenvalue weighted by Crippen LogP contribution is -2.24. The molecule has 2 heterocycles. The van der Waals surface area contributed by atoms with Gasteiger partial charge >= 0.3 is 5.97 Å². The van der Waals surface area contributed by atoms with Crippen LogP contribution in [0.5, 0.6) is 0 Å². The molecule has 27 heavy (non-hydrogen) atoms. The van der Waals surface area contributed by atoms with Gasteiger partial charge in [-0.05, 0) is 5.56 Å². The molecule has 1 aromatic carbocycles. The lowest BCUT2D eigenvalue weighted by atomic mass is 10.1. The van der Waals surface area contributed by atoms with Gasteiger partial charge in [-0.25, -0.2) is 5.01 Å². The number of rotatable bonds is 6. The second-order valence-electron chi connectivity index (χ2n) is 5.81. The lowest BCUT2D eigenvalue weighted by Gasteiger charge is -2.11. The maximum absolute atomic E-state index is 12.2. The van der Waals surface area contributed by atoms with E-state index >= 15 is 0 Å². The summed E-state index contributed by atoms with van der Waals surface area (Å²) in [5.41, 5.74) is 12.7. The van der Waals surface area contributed by atoms with Gasteiger partial charge in [0.05, 0.1) is 18.7 Å². The van der Waals surface area contributed by atoms with Crippen LogP contribution in [-0.4, -0.2) is 44.1 Å². The van der Waals surface area contributed by atoms with Crippen LogP contribution in [0, 0.1) is 0 Å². The van der Waals surface area contributed by atoms with Crippen molar-refractivity contribution in [1.82, 2.24) is 20.0 Å². The highest BCUT2D eigenvalue weighted by atomic mass is 16.5. The molecule has 140 valence electrons. The molecule has 0 saturated carbocycles. The summed E-state index contributed by atoms with van der Waals surface area (Å²) < 4.78 is 5.03. The highest BCUT2D eigenvalue weighted by Gasteiger charge is 2.22. The maximum atomic E-state index is 12.2. The van der Waals surface area contributed by atoms with E-state index in [4.69, 9.17) is 16.2 Å². The Morgan fingerprint density at radius 1 is 1.04 bits per heavy atom. The molecule has 4 N–H and O–H groups in total. The Kier molecular flexibility index (Phi) is 5.55. The first-order valence-electron chi connectivity index (χ1n) is 8.36. The van der Waals surface area contributed by atoms with Crippen LogP contribution in [0.4, 0.5) is 11.9 Å². The van der Waals surface area contributed by atoms with Crippen molar-refractivity contribution in [2.24, 2.45) is 5.10 Å². The molecule has 1 aromatic heterocycles. The number of ether oxygens (including phenoxy) is 1. The summed E-state index contributed by atoms with van der Waals surface area (Å²) in [6.45, 7) is 0.311. The monoisotopic (exact) mass is 369 g/mol. The van der Waals surface area contributed by atoms with Gasteiger partial charge in [-0.15, -0.1) is 0 Å². The maximum Gasteiger partial charge on any atom is 0.306 e. The molecular formula is C17H19N7O3. The number of hydrogen-bond acceptors (Lipinski definition) is 9. The van der Waals surface area contributed by atoms with Crippen LogP contribution in [0.15, 0.2) is 35.4 Å². The van der Waals surface area contributed by atoms with Crippen molar-refractivity contribution in [3.63, 3.8) is 0 Å². The Morgan fingerprint density at radius 3 is 2.44 bits per heavy atom. The molecule has 3 rings (SSSR count). The van der Waals surface area contributed by atoms with E-state index in [0.717, 1.165) is 11.3 Å². The number of amides is 1. The number of hydrogen-bond donors (Lipinski definition) is 2. The fraction of sp³-hybridized carbons (Fsp3) is 0.294. The van der Waals surface area contributed by atoms with Gasteiger partial charge in [0.2, 0.25) is 17.8 Å². The number of benzene rings is 1. The number of nitrogens with two attached hydrogens (primary N) is 2. The van der Waals surface area contributed by atoms with E-state index in [2.05, 4.69) is 20.1 Å². The average Bonchev–Trinajstić information content (AvgIpc) is 3.15. The minimum absolute atomic E-state index is 0.00584. The standard InChI is InChI=1S/C17H19N7O3/c18-16-20-13(21-17(19)22-16)10-27-15(26)7-6-14(25)24-9-8-12(23-24)11-4-2-1-3-5-11/h1-5H,6-10H2,(H4,18,19,20,21,22). The van der Waals surface area contributed by atoms with Crippen molar-refractivity contribution in [2.45, 2.75) is 25.9 Å². The molecular weight excluding hydrogens is 350 g/mol. The van der Waals surface area contributed by atoms with Gasteiger partial charge in [-0.3, -0.25) is 9.59 Å². The van der Waals surface area contributed by atoms with E-state index in [-0.39, 0.29) is 43.1 Å². The smallest absolute Gasteiger partial charge is 0.306 e. The highest BCUT2D eigenvalue weighted by Crippen LogP contribution is 2.15. The van der Waals surface area contributed by atoms with Crippen molar-refractivity contribution < 1.29 is 14.3 Å². The van der Waals surface area contributed by atoms with E-state index < -0.39 is 5.97 Å².